The molecule has 1 aromatic heterocycles. The quantitative estimate of drug-likeness (QED) is 0.804. The predicted molar refractivity (Wildman–Crippen MR) is 77.0 cm³/mol. The molecule has 0 unspecified atom stereocenters. The fourth-order valence-corrected chi connectivity index (χ4v) is 2.58. The summed E-state index contributed by atoms with van der Waals surface area (Å²) in [6.07, 6.45) is 0. The van der Waals surface area contributed by atoms with Gasteiger partial charge in [-0.2, -0.15) is 0 Å². The second-order valence-corrected chi connectivity index (χ2v) is 4.89. The first-order chi connectivity index (χ1) is 9.79. The van der Waals surface area contributed by atoms with Crippen LogP contribution in [0.15, 0.2) is 30.3 Å². The Morgan fingerprint density at radius 1 is 1.30 bits per heavy atom. The number of para-hydroxylation sites is 1. The third-order valence-electron chi connectivity index (χ3n) is 3.64. The number of carbonyl (C=O) groups excluding carboxylic acids is 1. The average Bonchev–Trinajstić information content (AvgIpc) is 2.54. The summed E-state index contributed by atoms with van der Waals surface area (Å²) in [5, 5.41) is 3.13. The lowest BCUT2D eigenvalue weighted by atomic mass is 10.1. The Balaban J connectivity index is 2.11. The number of aromatic nitrogens is 1. The topological polar surface area (TPSA) is 59.0 Å². The highest BCUT2D eigenvalue weighted by Gasteiger charge is 2.18. The predicted octanol–water partition coefficient (Wildman–Crippen LogP) is 0.405. The zero-order valence-electron chi connectivity index (χ0n) is 11.5. The van der Waals surface area contributed by atoms with Crippen molar-refractivity contribution in [2.24, 2.45) is 0 Å². The number of ether oxygens (including phenoxy) is 1. The number of carbonyl (C=O) groups is 1. The SMILES string of the molecule is COC(=O)c1cc(N2CC[NH2+]CC2)nc2ccccc12. The van der Waals surface area contributed by atoms with E-state index in [1.54, 1.807) is 0 Å². The highest BCUT2D eigenvalue weighted by molar-refractivity contribution is 6.04. The molecule has 0 atom stereocenters. The van der Waals surface area contributed by atoms with Gasteiger partial charge in [-0.3, -0.25) is 0 Å². The van der Waals surface area contributed by atoms with Crippen molar-refractivity contribution < 1.29 is 14.8 Å². The third-order valence-corrected chi connectivity index (χ3v) is 3.64. The largest absolute Gasteiger partial charge is 0.465 e. The number of quaternary nitrogens is 1. The summed E-state index contributed by atoms with van der Waals surface area (Å²) < 4.78 is 4.90. The number of pyridine rings is 1. The molecule has 2 aromatic rings. The van der Waals surface area contributed by atoms with E-state index in [-0.39, 0.29) is 5.97 Å². The summed E-state index contributed by atoms with van der Waals surface area (Å²) >= 11 is 0. The molecule has 5 nitrogen and oxygen atoms in total. The van der Waals surface area contributed by atoms with Gasteiger partial charge in [0.25, 0.3) is 0 Å². The van der Waals surface area contributed by atoms with Crippen molar-refractivity contribution in [3.05, 3.63) is 35.9 Å². The van der Waals surface area contributed by atoms with Crippen LogP contribution in [0, 0.1) is 0 Å². The zero-order chi connectivity index (χ0) is 13.9. The minimum atomic E-state index is -0.312. The minimum Gasteiger partial charge on any atom is -0.465 e. The Labute approximate surface area is 117 Å². The second-order valence-electron chi connectivity index (χ2n) is 4.89. The van der Waals surface area contributed by atoms with Crippen LogP contribution in [0.5, 0.6) is 0 Å². The van der Waals surface area contributed by atoms with Gasteiger partial charge in [0.2, 0.25) is 0 Å². The summed E-state index contributed by atoms with van der Waals surface area (Å²) in [7, 11) is 1.41. The van der Waals surface area contributed by atoms with Crippen molar-refractivity contribution in [2.45, 2.75) is 0 Å². The van der Waals surface area contributed by atoms with Crippen LogP contribution >= 0.6 is 0 Å². The first-order valence-electron chi connectivity index (χ1n) is 6.84. The van der Waals surface area contributed by atoms with Crippen molar-refractivity contribution in [1.82, 2.24) is 4.98 Å². The Bertz CT molecular complexity index is 636. The number of anilines is 1. The average molecular weight is 272 g/mol. The van der Waals surface area contributed by atoms with Gasteiger partial charge in [-0.1, -0.05) is 18.2 Å². The van der Waals surface area contributed by atoms with Crippen molar-refractivity contribution in [3.63, 3.8) is 0 Å². The number of hydrogen-bond donors (Lipinski definition) is 1. The van der Waals surface area contributed by atoms with Crippen LogP contribution in [0.1, 0.15) is 10.4 Å². The van der Waals surface area contributed by atoms with Gasteiger partial charge in [0.05, 0.1) is 44.4 Å². The maximum absolute atomic E-state index is 12.0. The van der Waals surface area contributed by atoms with E-state index in [0.29, 0.717) is 5.56 Å². The molecule has 0 bridgehead atoms. The zero-order valence-corrected chi connectivity index (χ0v) is 11.5. The molecule has 1 fully saturated rings. The van der Waals surface area contributed by atoms with Crippen LogP contribution < -0.4 is 10.2 Å². The first kappa shape index (κ1) is 12.9. The number of benzene rings is 1. The van der Waals surface area contributed by atoms with Crippen LogP contribution in [0.25, 0.3) is 10.9 Å². The lowest BCUT2D eigenvalue weighted by Gasteiger charge is -2.26. The molecular formula is C15H18N3O2+. The number of nitrogens with two attached hydrogens (primary N) is 1. The number of hydrogen-bond acceptors (Lipinski definition) is 4. The summed E-state index contributed by atoms with van der Waals surface area (Å²) in [6.45, 7) is 4.02. The smallest absolute Gasteiger partial charge is 0.338 e. The lowest BCUT2D eigenvalue weighted by Crippen LogP contribution is -2.89. The van der Waals surface area contributed by atoms with E-state index in [4.69, 9.17) is 4.74 Å². The molecule has 0 radical (unpaired) electrons. The number of methoxy groups -OCH3 is 1. The van der Waals surface area contributed by atoms with Crippen LogP contribution in [0.4, 0.5) is 5.82 Å². The van der Waals surface area contributed by atoms with Crippen LogP contribution in [-0.2, 0) is 4.74 Å². The van der Waals surface area contributed by atoms with Crippen LogP contribution in [0.3, 0.4) is 0 Å². The van der Waals surface area contributed by atoms with Crippen LogP contribution in [0.2, 0.25) is 0 Å². The summed E-state index contributed by atoms with van der Waals surface area (Å²) in [5.74, 6) is 0.547. The molecule has 0 saturated carbocycles. The van der Waals surface area contributed by atoms with Crippen molar-refractivity contribution >= 4 is 22.7 Å². The van der Waals surface area contributed by atoms with E-state index < -0.39 is 0 Å². The highest BCUT2D eigenvalue weighted by atomic mass is 16.5. The number of fused-ring (bicyclic) bond motifs is 1. The molecule has 20 heavy (non-hydrogen) atoms. The maximum atomic E-state index is 12.0. The monoisotopic (exact) mass is 272 g/mol. The molecule has 1 aliphatic rings. The maximum Gasteiger partial charge on any atom is 0.338 e. The summed E-state index contributed by atoms with van der Waals surface area (Å²) in [4.78, 5) is 18.9. The third kappa shape index (κ3) is 2.32. The fraction of sp³-hybridized carbons (Fsp3) is 0.333. The van der Waals surface area contributed by atoms with Gasteiger partial charge < -0.3 is 15.0 Å². The Morgan fingerprint density at radius 3 is 2.80 bits per heavy atom. The van der Waals surface area contributed by atoms with E-state index in [9.17, 15) is 4.79 Å². The van der Waals surface area contributed by atoms with Gasteiger partial charge in [-0.15, -0.1) is 0 Å². The number of nitrogens with zero attached hydrogens (tertiary/aromatic N) is 2. The van der Waals surface area contributed by atoms with Gasteiger partial charge >= 0.3 is 5.97 Å². The molecule has 5 heteroatoms. The van der Waals surface area contributed by atoms with Gasteiger partial charge in [0, 0.05) is 5.39 Å². The van der Waals surface area contributed by atoms with Crippen molar-refractivity contribution in [3.8, 4) is 0 Å². The Kier molecular flexibility index (Phi) is 3.52. The number of rotatable bonds is 2. The van der Waals surface area contributed by atoms with Crippen LogP contribution in [-0.4, -0.2) is 44.2 Å². The number of piperazine rings is 1. The second kappa shape index (κ2) is 5.46. The molecular weight excluding hydrogens is 254 g/mol. The molecule has 1 aliphatic heterocycles. The molecule has 0 amide bonds. The summed E-state index contributed by atoms with van der Waals surface area (Å²) in [6, 6.07) is 9.53. The van der Waals surface area contributed by atoms with E-state index >= 15 is 0 Å². The molecule has 2 heterocycles. The standard InChI is InChI=1S/C15H17N3O2/c1-20-15(19)12-10-14(18-8-6-16-7-9-18)17-13-5-3-2-4-11(12)13/h2-5,10,16H,6-9H2,1H3/p+1. The summed E-state index contributed by atoms with van der Waals surface area (Å²) in [5.41, 5.74) is 1.42. The molecule has 2 N–H and O–H groups in total. The van der Waals surface area contributed by atoms with E-state index in [1.165, 1.54) is 7.11 Å². The van der Waals surface area contributed by atoms with E-state index in [1.807, 2.05) is 30.3 Å². The number of esters is 1. The molecule has 0 spiro atoms. The molecule has 0 aliphatic carbocycles. The first-order valence-corrected chi connectivity index (χ1v) is 6.84. The molecule has 104 valence electrons. The fourth-order valence-electron chi connectivity index (χ4n) is 2.58. The van der Waals surface area contributed by atoms with Crippen molar-refractivity contribution in [1.29, 1.82) is 0 Å². The normalized spacial score (nSPS) is 15.3. The van der Waals surface area contributed by atoms with E-state index in [0.717, 1.165) is 42.9 Å². The molecule has 1 aromatic carbocycles. The van der Waals surface area contributed by atoms with Crippen molar-refractivity contribution in [2.75, 3.05) is 38.2 Å². The lowest BCUT2D eigenvalue weighted by molar-refractivity contribution is -0.655. The van der Waals surface area contributed by atoms with Gasteiger partial charge in [-0.25, -0.2) is 9.78 Å². The van der Waals surface area contributed by atoms with Gasteiger partial charge in [-0.05, 0) is 12.1 Å². The Morgan fingerprint density at radius 2 is 2.05 bits per heavy atom. The van der Waals surface area contributed by atoms with E-state index in [2.05, 4.69) is 15.2 Å². The Hall–Kier alpha value is -2.14. The molecule has 1 saturated heterocycles. The minimum absolute atomic E-state index is 0.312. The highest BCUT2D eigenvalue weighted by Crippen LogP contribution is 2.23. The van der Waals surface area contributed by atoms with Gasteiger partial charge in [0.15, 0.2) is 0 Å². The molecule has 3 rings (SSSR count). The van der Waals surface area contributed by atoms with Gasteiger partial charge in [0.1, 0.15) is 5.82 Å².